The second-order valence-corrected chi connectivity index (χ2v) is 8.09. The van der Waals surface area contributed by atoms with Gasteiger partial charge in [0.1, 0.15) is 12.4 Å². The van der Waals surface area contributed by atoms with Gasteiger partial charge in [-0.3, -0.25) is 4.79 Å². The molecule has 0 unspecified atom stereocenters. The highest BCUT2D eigenvalue weighted by Crippen LogP contribution is 2.22. The van der Waals surface area contributed by atoms with Crippen LogP contribution in [-0.4, -0.2) is 52.6 Å². The Morgan fingerprint density at radius 3 is 2.50 bits per heavy atom. The van der Waals surface area contributed by atoms with E-state index in [1.165, 1.54) is 44.2 Å². The maximum absolute atomic E-state index is 12.6. The third-order valence-corrected chi connectivity index (χ3v) is 5.76. The largest absolute Gasteiger partial charge is 0.486 e. The maximum Gasteiger partial charge on any atom is 0.339 e. The number of anilines is 1. The second kappa shape index (κ2) is 11.3. The Hall–Kier alpha value is -3.86. The van der Waals surface area contributed by atoms with E-state index in [0.29, 0.717) is 11.0 Å². The van der Waals surface area contributed by atoms with E-state index in [9.17, 15) is 14.4 Å². The number of aromatic nitrogens is 3. The fourth-order valence-corrected chi connectivity index (χ4v) is 3.68. The van der Waals surface area contributed by atoms with Crippen molar-refractivity contribution in [2.75, 3.05) is 25.3 Å². The first-order chi connectivity index (χ1) is 16.3. The van der Waals surface area contributed by atoms with Crippen LogP contribution in [0.15, 0.2) is 47.6 Å². The summed E-state index contributed by atoms with van der Waals surface area (Å²) in [4.78, 5) is 36.5. The average Bonchev–Trinajstić information content (AvgIpc) is 3.19. The molecule has 2 aromatic carbocycles. The van der Waals surface area contributed by atoms with Crippen molar-refractivity contribution < 1.29 is 28.6 Å². The highest BCUT2D eigenvalue weighted by atomic mass is 32.2. The van der Waals surface area contributed by atoms with Crippen molar-refractivity contribution in [1.82, 2.24) is 14.8 Å². The molecule has 1 N–H and O–H groups in total. The number of carbonyl (C=O) groups is 3. The molecular weight excluding hydrogens is 460 g/mol. The molecule has 0 spiro atoms. The van der Waals surface area contributed by atoms with E-state index in [1.807, 2.05) is 31.2 Å². The van der Waals surface area contributed by atoms with Crippen LogP contribution in [0.3, 0.4) is 0 Å². The van der Waals surface area contributed by atoms with Crippen LogP contribution in [0, 0.1) is 6.92 Å². The molecule has 1 amide bonds. The molecule has 0 radical (unpaired) electrons. The monoisotopic (exact) mass is 484 g/mol. The highest BCUT2D eigenvalue weighted by Gasteiger charge is 2.18. The van der Waals surface area contributed by atoms with Gasteiger partial charge in [-0.15, -0.1) is 10.2 Å². The van der Waals surface area contributed by atoms with Gasteiger partial charge in [-0.1, -0.05) is 23.9 Å². The van der Waals surface area contributed by atoms with Crippen LogP contribution in [0.25, 0.3) is 0 Å². The van der Waals surface area contributed by atoms with Crippen LogP contribution in [0.2, 0.25) is 0 Å². The topological polar surface area (TPSA) is 122 Å². The van der Waals surface area contributed by atoms with Crippen molar-refractivity contribution in [1.29, 1.82) is 0 Å². The van der Waals surface area contributed by atoms with E-state index in [0.717, 1.165) is 11.3 Å². The van der Waals surface area contributed by atoms with Gasteiger partial charge in [0, 0.05) is 7.05 Å². The first-order valence-electron chi connectivity index (χ1n) is 10.1. The molecule has 3 aromatic rings. The van der Waals surface area contributed by atoms with Gasteiger partial charge in [0.2, 0.25) is 5.91 Å². The Balaban J connectivity index is 1.64. The van der Waals surface area contributed by atoms with Crippen molar-refractivity contribution >= 4 is 35.3 Å². The lowest BCUT2D eigenvalue weighted by atomic mass is 10.1. The predicted octanol–water partition coefficient (Wildman–Crippen LogP) is 3.01. The van der Waals surface area contributed by atoms with Gasteiger partial charge in [-0.25, -0.2) is 9.59 Å². The fourth-order valence-electron chi connectivity index (χ4n) is 2.95. The number of esters is 2. The zero-order chi connectivity index (χ0) is 24.7. The van der Waals surface area contributed by atoms with E-state index in [4.69, 9.17) is 14.2 Å². The SMILES string of the molecule is COC(=O)c1ccc(C(=O)OC)c(NC(=O)CSc2nnc(COc3cccc(C)c3)n2C)c1. The molecule has 0 aliphatic carbocycles. The van der Waals surface area contributed by atoms with Crippen molar-refractivity contribution in [2.24, 2.45) is 7.05 Å². The minimum atomic E-state index is -0.647. The number of aryl methyl sites for hydroxylation is 1. The number of thioether (sulfide) groups is 1. The van der Waals surface area contributed by atoms with Crippen LogP contribution in [0.5, 0.6) is 5.75 Å². The summed E-state index contributed by atoms with van der Waals surface area (Å²) < 4.78 is 17.0. The molecule has 0 aliphatic heterocycles. The van der Waals surface area contributed by atoms with Crippen molar-refractivity contribution in [3.63, 3.8) is 0 Å². The Bertz CT molecular complexity index is 1210. The summed E-state index contributed by atoms with van der Waals surface area (Å²) in [6.45, 7) is 2.21. The van der Waals surface area contributed by atoms with E-state index in [-0.39, 0.29) is 29.2 Å². The van der Waals surface area contributed by atoms with Gasteiger partial charge in [-0.05, 0) is 42.8 Å². The highest BCUT2D eigenvalue weighted by molar-refractivity contribution is 7.99. The number of benzene rings is 2. The molecule has 1 aromatic heterocycles. The Kier molecular flexibility index (Phi) is 8.25. The van der Waals surface area contributed by atoms with E-state index in [2.05, 4.69) is 15.5 Å². The number of hydrogen-bond acceptors (Lipinski definition) is 9. The van der Waals surface area contributed by atoms with Gasteiger partial charge in [0.05, 0.1) is 36.8 Å². The smallest absolute Gasteiger partial charge is 0.339 e. The number of carbonyl (C=O) groups excluding carboxylic acids is 3. The lowest BCUT2D eigenvalue weighted by Crippen LogP contribution is -2.18. The summed E-state index contributed by atoms with van der Waals surface area (Å²) in [6, 6.07) is 11.9. The number of ether oxygens (including phenoxy) is 3. The molecule has 0 bridgehead atoms. The third kappa shape index (κ3) is 6.13. The number of hydrogen-bond donors (Lipinski definition) is 1. The molecule has 0 fully saturated rings. The van der Waals surface area contributed by atoms with Crippen LogP contribution in [-0.2, 0) is 27.9 Å². The molecule has 11 heteroatoms. The van der Waals surface area contributed by atoms with Crippen molar-refractivity contribution in [3.8, 4) is 5.75 Å². The number of methoxy groups -OCH3 is 2. The Morgan fingerprint density at radius 1 is 1.03 bits per heavy atom. The molecule has 3 rings (SSSR count). The van der Waals surface area contributed by atoms with Gasteiger partial charge in [0.15, 0.2) is 11.0 Å². The van der Waals surface area contributed by atoms with E-state index >= 15 is 0 Å². The zero-order valence-electron chi connectivity index (χ0n) is 19.2. The lowest BCUT2D eigenvalue weighted by Gasteiger charge is -2.11. The summed E-state index contributed by atoms with van der Waals surface area (Å²) in [6.07, 6.45) is 0. The number of rotatable bonds is 9. The van der Waals surface area contributed by atoms with Gasteiger partial charge in [0.25, 0.3) is 0 Å². The Labute approximate surface area is 200 Å². The molecule has 0 aliphatic rings. The molecular formula is C23H24N4O6S. The number of amides is 1. The van der Waals surface area contributed by atoms with Crippen LogP contribution in [0.4, 0.5) is 5.69 Å². The third-order valence-electron chi connectivity index (χ3n) is 4.73. The van der Waals surface area contributed by atoms with Crippen LogP contribution in [0.1, 0.15) is 32.1 Å². The zero-order valence-corrected chi connectivity index (χ0v) is 20.0. The summed E-state index contributed by atoms with van der Waals surface area (Å²) >= 11 is 1.17. The number of nitrogens with zero attached hydrogens (tertiary/aromatic N) is 3. The fraction of sp³-hybridized carbons (Fsp3) is 0.261. The lowest BCUT2D eigenvalue weighted by molar-refractivity contribution is -0.113. The molecule has 178 valence electrons. The summed E-state index contributed by atoms with van der Waals surface area (Å²) in [5, 5.41) is 11.4. The van der Waals surface area contributed by atoms with Gasteiger partial charge < -0.3 is 24.1 Å². The molecule has 0 saturated heterocycles. The van der Waals surface area contributed by atoms with E-state index in [1.54, 1.807) is 11.6 Å². The van der Waals surface area contributed by atoms with E-state index < -0.39 is 17.8 Å². The van der Waals surface area contributed by atoms with Gasteiger partial charge in [-0.2, -0.15) is 0 Å². The maximum atomic E-state index is 12.6. The molecule has 0 saturated carbocycles. The van der Waals surface area contributed by atoms with Crippen molar-refractivity contribution in [3.05, 3.63) is 65.0 Å². The van der Waals surface area contributed by atoms with Gasteiger partial charge >= 0.3 is 11.9 Å². The summed E-state index contributed by atoms with van der Waals surface area (Å²) in [7, 11) is 4.25. The quantitative estimate of drug-likeness (QED) is 0.361. The first kappa shape index (κ1) is 24.8. The molecule has 34 heavy (non-hydrogen) atoms. The minimum absolute atomic E-state index is 0.00618. The molecule has 1 heterocycles. The minimum Gasteiger partial charge on any atom is -0.486 e. The normalized spacial score (nSPS) is 10.5. The predicted molar refractivity (Wildman–Crippen MR) is 125 cm³/mol. The van der Waals surface area contributed by atoms with Crippen LogP contribution < -0.4 is 10.1 Å². The standard InChI is InChI=1S/C23H24N4O6S/c1-14-6-5-7-16(10-14)33-12-19-25-26-23(27(19)2)34-13-20(28)24-18-11-15(21(29)31-3)8-9-17(18)22(30)32-4/h5-11H,12-13H2,1-4H3,(H,24,28). The Morgan fingerprint density at radius 2 is 1.79 bits per heavy atom. The van der Waals surface area contributed by atoms with Crippen molar-refractivity contribution in [2.45, 2.75) is 18.7 Å². The summed E-state index contributed by atoms with van der Waals surface area (Å²) in [5.74, 6) is -0.326. The average molecular weight is 485 g/mol. The summed E-state index contributed by atoms with van der Waals surface area (Å²) in [5.41, 5.74) is 1.53. The molecule has 0 atom stereocenters. The first-order valence-corrected chi connectivity index (χ1v) is 11.1. The second-order valence-electron chi connectivity index (χ2n) is 7.14. The van der Waals surface area contributed by atoms with Crippen LogP contribution >= 0.6 is 11.8 Å². The number of nitrogens with one attached hydrogen (secondary N) is 1. The molecule has 10 nitrogen and oxygen atoms in total.